The van der Waals surface area contributed by atoms with E-state index in [9.17, 15) is 9.90 Å². The normalized spacial score (nSPS) is 13.2. The minimum atomic E-state index is -2.71. The molecular formula is C21H29NO4Si. The standard InChI is InChI=1S/C21H29NO4Si/c1-21(2,3)27(18-10-6-4-7-11-18,19-12-8-5-9-13-19)26-16-17(14-15-23)22-20(24)25/h4-13,17,22-23H,14-16H2,1-3H3,(H,24,25). The number of hydrogen-bond acceptors (Lipinski definition) is 3. The average molecular weight is 388 g/mol. The maximum absolute atomic E-state index is 11.1. The monoisotopic (exact) mass is 387 g/mol. The van der Waals surface area contributed by atoms with Crippen molar-refractivity contribution >= 4 is 24.8 Å². The highest BCUT2D eigenvalue weighted by Gasteiger charge is 2.50. The van der Waals surface area contributed by atoms with Gasteiger partial charge in [-0.25, -0.2) is 4.79 Å². The first-order chi connectivity index (χ1) is 12.8. The summed E-state index contributed by atoms with van der Waals surface area (Å²) in [6.07, 6.45) is -0.802. The van der Waals surface area contributed by atoms with Gasteiger partial charge in [-0.15, -0.1) is 0 Å². The molecule has 0 spiro atoms. The number of benzene rings is 2. The van der Waals surface area contributed by atoms with Gasteiger partial charge in [0.15, 0.2) is 0 Å². The quantitative estimate of drug-likeness (QED) is 0.609. The number of hydrogen-bond donors (Lipinski definition) is 3. The Bertz CT molecular complexity index is 676. The fraction of sp³-hybridized carbons (Fsp3) is 0.381. The minimum Gasteiger partial charge on any atom is -0.465 e. The van der Waals surface area contributed by atoms with Crippen LogP contribution in [0.3, 0.4) is 0 Å². The third-order valence-electron chi connectivity index (χ3n) is 4.72. The molecule has 0 heterocycles. The summed E-state index contributed by atoms with van der Waals surface area (Å²) in [5.41, 5.74) is 0. The van der Waals surface area contributed by atoms with Crippen molar-refractivity contribution < 1.29 is 19.4 Å². The smallest absolute Gasteiger partial charge is 0.404 e. The van der Waals surface area contributed by atoms with Crippen LogP contribution < -0.4 is 15.7 Å². The number of nitrogens with one attached hydrogen (secondary N) is 1. The third-order valence-corrected chi connectivity index (χ3v) is 9.73. The van der Waals surface area contributed by atoms with E-state index in [1.807, 2.05) is 36.4 Å². The van der Waals surface area contributed by atoms with Gasteiger partial charge in [-0.3, -0.25) is 0 Å². The Hall–Kier alpha value is -2.15. The predicted octanol–water partition coefficient (Wildman–Crippen LogP) is 2.58. The number of aliphatic hydroxyl groups is 1. The topological polar surface area (TPSA) is 78.8 Å². The molecule has 5 nitrogen and oxygen atoms in total. The lowest BCUT2D eigenvalue weighted by Crippen LogP contribution is -2.67. The number of amides is 1. The van der Waals surface area contributed by atoms with Crippen LogP contribution in [0.4, 0.5) is 4.79 Å². The summed E-state index contributed by atoms with van der Waals surface area (Å²) in [7, 11) is -2.71. The maximum atomic E-state index is 11.1. The lowest BCUT2D eigenvalue weighted by Gasteiger charge is -2.43. The van der Waals surface area contributed by atoms with Crippen molar-refractivity contribution in [1.29, 1.82) is 0 Å². The summed E-state index contributed by atoms with van der Waals surface area (Å²) in [6.45, 7) is 6.62. The van der Waals surface area contributed by atoms with Gasteiger partial charge < -0.3 is 20.0 Å². The molecule has 0 bridgehead atoms. The Balaban J connectivity index is 2.50. The van der Waals surface area contributed by atoms with E-state index >= 15 is 0 Å². The predicted molar refractivity (Wildman–Crippen MR) is 110 cm³/mol. The summed E-state index contributed by atoms with van der Waals surface area (Å²) in [6, 6.07) is 19.9. The number of aliphatic hydroxyl groups excluding tert-OH is 1. The molecule has 2 aromatic rings. The molecule has 1 unspecified atom stereocenters. The van der Waals surface area contributed by atoms with Gasteiger partial charge in [0.2, 0.25) is 0 Å². The SMILES string of the molecule is CC(C)(C)[Si](OCC(CCO)NC(=O)O)(c1ccccc1)c1ccccc1. The lowest BCUT2D eigenvalue weighted by molar-refractivity contribution is 0.169. The zero-order chi connectivity index (χ0) is 19.9. The van der Waals surface area contributed by atoms with E-state index in [-0.39, 0.29) is 18.3 Å². The summed E-state index contributed by atoms with van der Waals surface area (Å²) < 4.78 is 6.68. The highest BCUT2D eigenvalue weighted by atomic mass is 28.4. The van der Waals surface area contributed by atoms with Gasteiger partial charge in [0, 0.05) is 6.61 Å². The Labute approximate surface area is 162 Å². The van der Waals surface area contributed by atoms with E-state index in [1.54, 1.807) is 0 Å². The molecule has 1 atom stereocenters. The summed E-state index contributed by atoms with van der Waals surface area (Å²) in [4.78, 5) is 11.1. The largest absolute Gasteiger partial charge is 0.465 e. The van der Waals surface area contributed by atoms with E-state index in [0.29, 0.717) is 6.42 Å². The fourth-order valence-corrected chi connectivity index (χ4v) is 8.12. The second-order valence-electron chi connectivity index (χ2n) is 7.63. The van der Waals surface area contributed by atoms with Crippen LogP contribution in [0.2, 0.25) is 5.04 Å². The highest BCUT2D eigenvalue weighted by molar-refractivity contribution is 6.99. The van der Waals surface area contributed by atoms with Gasteiger partial charge in [0.1, 0.15) is 0 Å². The van der Waals surface area contributed by atoms with Crippen LogP contribution in [-0.4, -0.2) is 43.9 Å². The molecule has 2 rings (SSSR count). The first-order valence-electron chi connectivity index (χ1n) is 9.16. The Morgan fingerprint density at radius 2 is 1.52 bits per heavy atom. The zero-order valence-corrected chi connectivity index (χ0v) is 17.2. The second-order valence-corrected chi connectivity index (χ2v) is 11.9. The average Bonchev–Trinajstić information content (AvgIpc) is 2.62. The van der Waals surface area contributed by atoms with Crippen molar-refractivity contribution in [3.8, 4) is 0 Å². The van der Waals surface area contributed by atoms with Crippen molar-refractivity contribution in [1.82, 2.24) is 5.32 Å². The van der Waals surface area contributed by atoms with Crippen LogP contribution in [0.5, 0.6) is 0 Å². The Kier molecular flexibility index (Phi) is 7.18. The second kappa shape index (κ2) is 9.17. The highest BCUT2D eigenvalue weighted by Crippen LogP contribution is 2.36. The van der Waals surface area contributed by atoms with Crippen LogP contribution in [0.25, 0.3) is 0 Å². The molecule has 6 heteroatoms. The van der Waals surface area contributed by atoms with Crippen LogP contribution in [-0.2, 0) is 4.43 Å². The first-order valence-corrected chi connectivity index (χ1v) is 11.1. The van der Waals surface area contributed by atoms with Crippen molar-refractivity contribution in [2.45, 2.75) is 38.3 Å². The first kappa shape index (κ1) is 21.2. The minimum absolute atomic E-state index is 0.102. The van der Waals surface area contributed by atoms with Crippen LogP contribution in [0.1, 0.15) is 27.2 Å². The van der Waals surface area contributed by atoms with Crippen LogP contribution in [0, 0.1) is 0 Å². The molecule has 0 aromatic heterocycles. The maximum Gasteiger partial charge on any atom is 0.404 e. The van der Waals surface area contributed by atoms with E-state index in [1.165, 1.54) is 0 Å². The van der Waals surface area contributed by atoms with E-state index in [0.717, 1.165) is 10.4 Å². The number of carboxylic acid groups (broad SMARTS) is 1. The molecular weight excluding hydrogens is 358 g/mol. The molecule has 0 fully saturated rings. The zero-order valence-electron chi connectivity index (χ0n) is 16.2. The molecule has 0 radical (unpaired) electrons. The Morgan fingerprint density at radius 3 is 1.89 bits per heavy atom. The van der Waals surface area contributed by atoms with Crippen molar-refractivity contribution in [3.05, 3.63) is 60.7 Å². The molecule has 27 heavy (non-hydrogen) atoms. The molecule has 1 amide bonds. The van der Waals surface area contributed by atoms with Gasteiger partial charge in [0.25, 0.3) is 8.32 Å². The van der Waals surface area contributed by atoms with E-state index in [2.05, 4.69) is 50.4 Å². The van der Waals surface area contributed by atoms with E-state index in [4.69, 9.17) is 9.53 Å². The summed E-state index contributed by atoms with van der Waals surface area (Å²) >= 11 is 0. The molecule has 0 saturated heterocycles. The van der Waals surface area contributed by atoms with Crippen molar-refractivity contribution in [3.63, 3.8) is 0 Å². The fourth-order valence-electron chi connectivity index (χ4n) is 3.51. The Morgan fingerprint density at radius 1 is 1.04 bits per heavy atom. The summed E-state index contributed by atoms with van der Waals surface area (Å²) in [5, 5.41) is 23.0. The molecule has 146 valence electrons. The van der Waals surface area contributed by atoms with E-state index < -0.39 is 20.5 Å². The van der Waals surface area contributed by atoms with Crippen LogP contribution in [0.15, 0.2) is 60.7 Å². The van der Waals surface area contributed by atoms with Gasteiger partial charge in [-0.2, -0.15) is 0 Å². The van der Waals surface area contributed by atoms with Gasteiger partial charge in [-0.1, -0.05) is 81.4 Å². The van der Waals surface area contributed by atoms with Crippen molar-refractivity contribution in [2.24, 2.45) is 0 Å². The van der Waals surface area contributed by atoms with Crippen molar-refractivity contribution in [2.75, 3.05) is 13.2 Å². The number of rotatable bonds is 8. The third kappa shape index (κ3) is 4.97. The molecule has 0 aliphatic rings. The lowest BCUT2D eigenvalue weighted by atomic mass is 10.2. The van der Waals surface area contributed by atoms with Gasteiger partial charge >= 0.3 is 6.09 Å². The molecule has 3 N–H and O–H groups in total. The summed E-state index contributed by atoms with van der Waals surface area (Å²) in [5.74, 6) is 0. The molecule has 0 aliphatic heterocycles. The number of carbonyl (C=O) groups is 1. The molecule has 2 aromatic carbocycles. The van der Waals surface area contributed by atoms with Crippen LogP contribution >= 0.6 is 0 Å². The van der Waals surface area contributed by atoms with Gasteiger partial charge in [0.05, 0.1) is 12.6 Å². The molecule has 0 saturated carbocycles. The van der Waals surface area contributed by atoms with Gasteiger partial charge in [-0.05, 0) is 21.8 Å². The molecule has 0 aliphatic carbocycles.